The summed E-state index contributed by atoms with van der Waals surface area (Å²) in [7, 11) is 0. The smallest absolute Gasteiger partial charge is 0.227 e. The lowest BCUT2D eigenvalue weighted by Gasteiger charge is -2.22. The molecule has 2 aliphatic carbocycles. The van der Waals surface area contributed by atoms with Crippen molar-refractivity contribution in [3.8, 4) is 5.88 Å². The van der Waals surface area contributed by atoms with Crippen molar-refractivity contribution in [3.05, 3.63) is 4.88 Å². The first kappa shape index (κ1) is 15.7. The highest BCUT2D eigenvalue weighted by atomic mass is 32.1. The van der Waals surface area contributed by atoms with Gasteiger partial charge in [-0.1, -0.05) is 17.8 Å². The predicted octanol–water partition coefficient (Wildman–Crippen LogP) is 3.53. The van der Waals surface area contributed by atoms with Crippen LogP contribution < -0.4 is 5.32 Å². The van der Waals surface area contributed by atoms with Crippen LogP contribution in [0.1, 0.15) is 49.8 Å². The molecule has 3 aliphatic rings. The van der Waals surface area contributed by atoms with Gasteiger partial charge in [0.05, 0.1) is 11.5 Å². The molecule has 2 saturated carbocycles. The van der Waals surface area contributed by atoms with Gasteiger partial charge < -0.3 is 19.9 Å². The van der Waals surface area contributed by atoms with E-state index < -0.39 is 0 Å². The minimum absolute atomic E-state index is 0.0644. The average molecular weight is 338 g/mol. The maximum atomic E-state index is 10.0. The van der Waals surface area contributed by atoms with Gasteiger partial charge in [-0.2, -0.15) is 4.98 Å². The second-order valence-corrected chi connectivity index (χ2v) is 8.19. The summed E-state index contributed by atoms with van der Waals surface area (Å²) in [4.78, 5) is 5.21. The van der Waals surface area contributed by atoms with Crippen LogP contribution in [-0.2, 0) is 15.9 Å². The van der Waals surface area contributed by atoms with Crippen molar-refractivity contribution < 1.29 is 14.6 Å². The number of fused-ring (bicyclic) bond motifs is 2. The number of nitrogens with zero attached hydrogens (tertiary/aromatic N) is 1. The maximum Gasteiger partial charge on any atom is 0.227 e. The number of nitrogens with one attached hydrogen (secondary N) is 1. The summed E-state index contributed by atoms with van der Waals surface area (Å²) in [5.74, 6) is 1.88. The summed E-state index contributed by atoms with van der Waals surface area (Å²) in [6.07, 6.45) is 9.30. The largest absolute Gasteiger partial charge is 0.492 e. The standard InChI is InChI=1S/C17H26N2O3S/c20-16-14(6-8-22-15-3-1-2-7-21-15)23-17(19-16)18-13-10-11-4-5-12(13)9-11/h11-13,15,20H,1-10H2,(H,18,19)/t11-,12+,13+,15?/m1/s1. The molecule has 5 nitrogen and oxygen atoms in total. The van der Waals surface area contributed by atoms with Crippen molar-refractivity contribution in [2.45, 2.75) is 63.7 Å². The van der Waals surface area contributed by atoms with Crippen molar-refractivity contribution in [1.82, 2.24) is 4.98 Å². The Morgan fingerprint density at radius 1 is 1.26 bits per heavy atom. The quantitative estimate of drug-likeness (QED) is 0.831. The minimum atomic E-state index is -0.0644. The van der Waals surface area contributed by atoms with Gasteiger partial charge in [-0.25, -0.2) is 0 Å². The number of ether oxygens (including phenoxy) is 2. The molecule has 0 amide bonds. The molecular formula is C17H26N2O3S. The predicted molar refractivity (Wildman–Crippen MR) is 89.9 cm³/mol. The molecule has 3 fully saturated rings. The van der Waals surface area contributed by atoms with Gasteiger partial charge in [-0.3, -0.25) is 0 Å². The Morgan fingerprint density at radius 3 is 2.96 bits per heavy atom. The third kappa shape index (κ3) is 3.64. The first-order valence-electron chi connectivity index (χ1n) is 8.96. The van der Waals surface area contributed by atoms with Crippen LogP contribution in [0.15, 0.2) is 0 Å². The number of aromatic nitrogens is 1. The molecule has 2 N–H and O–H groups in total. The lowest BCUT2D eigenvalue weighted by Crippen LogP contribution is -2.25. The van der Waals surface area contributed by atoms with Crippen LogP contribution in [0.3, 0.4) is 0 Å². The number of hydrogen-bond acceptors (Lipinski definition) is 6. The van der Waals surface area contributed by atoms with E-state index in [1.54, 1.807) is 11.3 Å². The molecule has 0 aromatic carbocycles. The fourth-order valence-corrected chi connectivity index (χ4v) is 5.17. The Balaban J connectivity index is 1.27. The van der Waals surface area contributed by atoms with E-state index in [0.717, 1.165) is 41.3 Å². The number of rotatable bonds is 6. The molecule has 1 aromatic heterocycles. The number of aromatic hydroxyl groups is 1. The Morgan fingerprint density at radius 2 is 2.22 bits per heavy atom. The number of hydrogen-bond donors (Lipinski definition) is 2. The molecule has 0 spiro atoms. The summed E-state index contributed by atoms with van der Waals surface area (Å²) in [6.45, 7) is 1.38. The van der Waals surface area contributed by atoms with Gasteiger partial charge in [0, 0.05) is 19.1 Å². The number of anilines is 1. The van der Waals surface area contributed by atoms with Crippen LogP contribution in [0.25, 0.3) is 0 Å². The highest BCUT2D eigenvalue weighted by Gasteiger charge is 2.39. The molecule has 2 heterocycles. The van der Waals surface area contributed by atoms with E-state index in [0.29, 0.717) is 19.1 Å². The van der Waals surface area contributed by atoms with Crippen molar-refractivity contribution in [1.29, 1.82) is 0 Å². The van der Waals surface area contributed by atoms with Crippen LogP contribution in [0.4, 0.5) is 5.13 Å². The van der Waals surface area contributed by atoms with E-state index in [1.165, 1.54) is 32.1 Å². The van der Waals surface area contributed by atoms with Crippen LogP contribution in [-0.4, -0.2) is 35.6 Å². The van der Waals surface area contributed by atoms with Crippen molar-refractivity contribution in [2.75, 3.05) is 18.5 Å². The Kier molecular flexibility index (Phi) is 4.73. The zero-order chi connectivity index (χ0) is 15.6. The monoisotopic (exact) mass is 338 g/mol. The molecule has 0 radical (unpaired) electrons. The van der Waals surface area contributed by atoms with Gasteiger partial charge in [0.1, 0.15) is 0 Å². The van der Waals surface area contributed by atoms with Gasteiger partial charge >= 0.3 is 0 Å². The molecule has 1 unspecified atom stereocenters. The zero-order valence-electron chi connectivity index (χ0n) is 13.5. The molecule has 1 aromatic rings. The third-order valence-electron chi connectivity index (χ3n) is 5.49. The van der Waals surface area contributed by atoms with Crippen LogP contribution in [0, 0.1) is 11.8 Å². The average Bonchev–Trinajstić information content (AvgIpc) is 3.25. The zero-order valence-corrected chi connectivity index (χ0v) is 14.3. The molecule has 4 atom stereocenters. The Labute approximate surface area is 141 Å². The minimum Gasteiger partial charge on any atom is -0.492 e. The van der Waals surface area contributed by atoms with E-state index in [4.69, 9.17) is 9.47 Å². The number of thiazole rings is 1. The van der Waals surface area contributed by atoms with Crippen molar-refractivity contribution >= 4 is 16.5 Å². The SMILES string of the molecule is Oc1nc(N[C@H]2C[C@@H]3CC[C@H]2C3)sc1CCOC1CCCCO1. The molecule has 1 saturated heterocycles. The molecule has 4 rings (SSSR count). The van der Waals surface area contributed by atoms with Gasteiger partial charge in [-0.15, -0.1) is 0 Å². The van der Waals surface area contributed by atoms with E-state index in [1.807, 2.05) is 0 Å². The molecular weight excluding hydrogens is 312 g/mol. The van der Waals surface area contributed by atoms with Crippen LogP contribution in [0.2, 0.25) is 0 Å². The first-order valence-corrected chi connectivity index (χ1v) is 9.78. The lowest BCUT2D eigenvalue weighted by atomic mass is 9.96. The summed E-state index contributed by atoms with van der Waals surface area (Å²) in [6, 6.07) is 0.555. The molecule has 1 aliphatic heterocycles. The van der Waals surface area contributed by atoms with Gasteiger partial charge in [0.2, 0.25) is 5.88 Å². The molecule has 23 heavy (non-hydrogen) atoms. The molecule has 2 bridgehead atoms. The van der Waals surface area contributed by atoms with Gasteiger partial charge in [0.25, 0.3) is 0 Å². The highest BCUT2D eigenvalue weighted by molar-refractivity contribution is 7.15. The Bertz CT molecular complexity index is 530. The summed E-state index contributed by atoms with van der Waals surface area (Å²) in [5.41, 5.74) is 0. The highest BCUT2D eigenvalue weighted by Crippen LogP contribution is 2.46. The van der Waals surface area contributed by atoms with E-state index in [9.17, 15) is 5.11 Å². The normalized spacial score (nSPS) is 33.2. The summed E-state index contributed by atoms with van der Waals surface area (Å²) in [5, 5.41) is 14.5. The molecule has 6 heteroatoms. The van der Waals surface area contributed by atoms with Gasteiger partial charge in [-0.05, 0) is 50.4 Å². The van der Waals surface area contributed by atoms with Gasteiger partial charge in [0.15, 0.2) is 11.4 Å². The van der Waals surface area contributed by atoms with Crippen molar-refractivity contribution in [2.24, 2.45) is 11.8 Å². The van der Waals surface area contributed by atoms with Crippen LogP contribution in [0.5, 0.6) is 5.88 Å². The lowest BCUT2D eigenvalue weighted by molar-refractivity contribution is -0.161. The second-order valence-electron chi connectivity index (χ2n) is 7.11. The molecule has 128 valence electrons. The first-order chi connectivity index (χ1) is 11.3. The Hall–Kier alpha value is -0.850. The summed E-state index contributed by atoms with van der Waals surface area (Å²) < 4.78 is 11.3. The third-order valence-corrected chi connectivity index (χ3v) is 6.53. The van der Waals surface area contributed by atoms with Crippen LogP contribution >= 0.6 is 11.3 Å². The fraction of sp³-hybridized carbons (Fsp3) is 0.824. The van der Waals surface area contributed by atoms with E-state index in [-0.39, 0.29) is 12.2 Å². The fourth-order valence-electron chi connectivity index (χ4n) is 4.27. The second kappa shape index (κ2) is 6.95. The topological polar surface area (TPSA) is 63.6 Å². The summed E-state index contributed by atoms with van der Waals surface area (Å²) >= 11 is 1.57. The van der Waals surface area contributed by atoms with E-state index >= 15 is 0 Å². The van der Waals surface area contributed by atoms with Crippen molar-refractivity contribution in [3.63, 3.8) is 0 Å². The maximum absolute atomic E-state index is 10.0. The van der Waals surface area contributed by atoms with E-state index in [2.05, 4.69) is 10.3 Å².